The van der Waals surface area contributed by atoms with Gasteiger partial charge in [0.25, 0.3) is 5.91 Å². The summed E-state index contributed by atoms with van der Waals surface area (Å²) in [5.41, 5.74) is 6.31. The van der Waals surface area contributed by atoms with Gasteiger partial charge in [-0.05, 0) is 12.8 Å². The number of fused-ring (bicyclic) bond motifs is 1. The van der Waals surface area contributed by atoms with Gasteiger partial charge in [0, 0.05) is 18.6 Å². The topological polar surface area (TPSA) is 106 Å². The van der Waals surface area contributed by atoms with Crippen LogP contribution < -0.4 is 11.1 Å². The van der Waals surface area contributed by atoms with Gasteiger partial charge in [-0.25, -0.2) is 0 Å². The van der Waals surface area contributed by atoms with Gasteiger partial charge >= 0.3 is 0 Å². The zero-order valence-electron chi connectivity index (χ0n) is 9.30. The molecule has 2 heterocycles. The second kappa shape index (κ2) is 4.08. The molecule has 1 amide bonds. The van der Waals surface area contributed by atoms with Crippen LogP contribution in [0, 0.1) is 5.92 Å². The van der Waals surface area contributed by atoms with E-state index in [1.807, 2.05) is 0 Å². The molecule has 92 valence electrons. The molecule has 4 atom stereocenters. The lowest BCUT2D eigenvalue weighted by molar-refractivity contribution is -0.117. The highest BCUT2D eigenvalue weighted by Crippen LogP contribution is 2.36. The first-order chi connectivity index (χ1) is 8.27. The van der Waals surface area contributed by atoms with Crippen LogP contribution in [0.2, 0.25) is 0 Å². The van der Waals surface area contributed by atoms with Gasteiger partial charge in [-0.15, -0.1) is 0 Å². The maximum Gasteiger partial charge on any atom is 0.273 e. The Bertz CT molecular complexity index is 407. The molecule has 17 heavy (non-hydrogen) atoms. The van der Waals surface area contributed by atoms with Crippen molar-refractivity contribution in [2.75, 3.05) is 6.61 Å². The van der Waals surface area contributed by atoms with Crippen LogP contribution in [0.5, 0.6) is 0 Å². The molecule has 4 unspecified atom stereocenters. The first kappa shape index (κ1) is 10.7. The summed E-state index contributed by atoms with van der Waals surface area (Å²) in [6, 6.07) is -0.124. The van der Waals surface area contributed by atoms with Crippen LogP contribution in [0.1, 0.15) is 23.3 Å². The standard InChI is InChI=1S/C10H15N5O2/c11-7-5-2-1-3-17-9(5)8(7)13-10(16)6-4-12-15-14-6/h4-5,7-9H,1-3,11H2,(H,13,16)(H,12,14,15). The van der Waals surface area contributed by atoms with E-state index < -0.39 is 0 Å². The number of amides is 1. The maximum absolute atomic E-state index is 11.8. The Kier molecular flexibility index (Phi) is 2.56. The van der Waals surface area contributed by atoms with E-state index in [-0.39, 0.29) is 29.8 Å². The summed E-state index contributed by atoms with van der Waals surface area (Å²) in [6.07, 6.45) is 3.59. The van der Waals surface area contributed by atoms with E-state index in [1.165, 1.54) is 6.20 Å². The quantitative estimate of drug-likeness (QED) is 0.614. The highest BCUT2D eigenvalue weighted by Gasteiger charge is 2.51. The number of nitrogens with zero attached hydrogens (tertiary/aromatic N) is 2. The Hall–Kier alpha value is -1.47. The van der Waals surface area contributed by atoms with Gasteiger partial charge in [0.1, 0.15) is 0 Å². The second-order valence-corrected chi connectivity index (χ2v) is 4.57. The fourth-order valence-corrected chi connectivity index (χ4v) is 2.66. The Morgan fingerprint density at radius 1 is 1.65 bits per heavy atom. The Morgan fingerprint density at radius 2 is 2.53 bits per heavy atom. The molecule has 4 N–H and O–H groups in total. The number of carbonyl (C=O) groups excluding carboxylic acids is 1. The van der Waals surface area contributed by atoms with Crippen molar-refractivity contribution >= 4 is 5.91 Å². The molecule has 1 aliphatic heterocycles. The van der Waals surface area contributed by atoms with Crippen LogP contribution in [0.25, 0.3) is 0 Å². The molecule has 2 aliphatic rings. The molecule has 1 saturated carbocycles. The Labute approximate surface area is 98.1 Å². The van der Waals surface area contributed by atoms with E-state index >= 15 is 0 Å². The minimum Gasteiger partial charge on any atom is -0.376 e. The zero-order chi connectivity index (χ0) is 11.8. The lowest BCUT2D eigenvalue weighted by Gasteiger charge is -2.52. The molecule has 1 aromatic rings. The highest BCUT2D eigenvalue weighted by atomic mass is 16.5. The number of hydrogen-bond acceptors (Lipinski definition) is 5. The van der Waals surface area contributed by atoms with E-state index in [4.69, 9.17) is 10.5 Å². The minimum absolute atomic E-state index is 0.0175. The van der Waals surface area contributed by atoms with Crippen LogP contribution in [0.4, 0.5) is 0 Å². The van der Waals surface area contributed by atoms with Gasteiger partial charge in [-0.3, -0.25) is 4.79 Å². The third-order valence-electron chi connectivity index (χ3n) is 3.62. The molecular formula is C10H15N5O2. The van der Waals surface area contributed by atoms with Gasteiger partial charge in [-0.2, -0.15) is 15.4 Å². The predicted molar refractivity (Wildman–Crippen MR) is 58.1 cm³/mol. The number of rotatable bonds is 2. The molecule has 7 nitrogen and oxygen atoms in total. The number of ether oxygens (including phenoxy) is 1. The molecule has 0 bridgehead atoms. The average Bonchev–Trinajstić information content (AvgIpc) is 2.89. The van der Waals surface area contributed by atoms with E-state index in [0.29, 0.717) is 5.92 Å². The van der Waals surface area contributed by atoms with Gasteiger partial charge in [0.15, 0.2) is 5.69 Å². The highest BCUT2D eigenvalue weighted by molar-refractivity contribution is 5.92. The largest absolute Gasteiger partial charge is 0.376 e. The maximum atomic E-state index is 11.8. The monoisotopic (exact) mass is 237 g/mol. The van der Waals surface area contributed by atoms with Crippen molar-refractivity contribution in [3.63, 3.8) is 0 Å². The van der Waals surface area contributed by atoms with Crippen molar-refractivity contribution in [2.24, 2.45) is 11.7 Å². The van der Waals surface area contributed by atoms with Crippen LogP contribution in [-0.4, -0.2) is 46.1 Å². The molecule has 0 aromatic carbocycles. The lowest BCUT2D eigenvalue weighted by atomic mass is 9.68. The number of nitrogens with one attached hydrogen (secondary N) is 2. The predicted octanol–water partition coefficient (Wildman–Crippen LogP) is -0.961. The molecule has 1 aliphatic carbocycles. The van der Waals surface area contributed by atoms with Crippen molar-refractivity contribution in [3.05, 3.63) is 11.9 Å². The Balaban J connectivity index is 1.64. The summed E-state index contributed by atoms with van der Waals surface area (Å²) in [6.45, 7) is 0.754. The van der Waals surface area contributed by atoms with Crippen molar-refractivity contribution in [3.8, 4) is 0 Å². The van der Waals surface area contributed by atoms with E-state index in [1.54, 1.807) is 0 Å². The molecule has 7 heteroatoms. The first-order valence-electron chi connectivity index (χ1n) is 5.81. The fourth-order valence-electron chi connectivity index (χ4n) is 2.66. The van der Waals surface area contributed by atoms with Crippen LogP contribution in [-0.2, 0) is 4.74 Å². The van der Waals surface area contributed by atoms with Crippen LogP contribution in [0.15, 0.2) is 6.20 Å². The Morgan fingerprint density at radius 3 is 3.29 bits per heavy atom. The fraction of sp³-hybridized carbons (Fsp3) is 0.700. The summed E-state index contributed by atoms with van der Waals surface area (Å²) in [5, 5.41) is 12.6. The SMILES string of the molecule is NC1C2CCCOC2C1NC(=O)c1cn[nH]n1. The van der Waals surface area contributed by atoms with Crippen LogP contribution >= 0.6 is 0 Å². The normalized spacial score (nSPS) is 35.8. The van der Waals surface area contributed by atoms with Crippen molar-refractivity contribution in [2.45, 2.75) is 31.0 Å². The minimum atomic E-state index is -0.258. The van der Waals surface area contributed by atoms with E-state index in [9.17, 15) is 4.79 Å². The number of hydrogen-bond donors (Lipinski definition) is 3. The van der Waals surface area contributed by atoms with Gasteiger partial charge in [0.05, 0.1) is 18.3 Å². The van der Waals surface area contributed by atoms with Crippen molar-refractivity contribution < 1.29 is 9.53 Å². The summed E-state index contributed by atoms with van der Waals surface area (Å²) >= 11 is 0. The average molecular weight is 237 g/mol. The van der Waals surface area contributed by atoms with Gasteiger partial charge in [-0.1, -0.05) is 0 Å². The summed E-state index contributed by atoms with van der Waals surface area (Å²) in [4.78, 5) is 11.8. The molecule has 1 saturated heterocycles. The number of nitrogens with two attached hydrogens (primary N) is 1. The zero-order valence-corrected chi connectivity index (χ0v) is 9.30. The second-order valence-electron chi connectivity index (χ2n) is 4.57. The molecule has 0 radical (unpaired) electrons. The smallest absolute Gasteiger partial charge is 0.273 e. The number of H-pyrrole nitrogens is 1. The third kappa shape index (κ3) is 1.71. The summed E-state index contributed by atoms with van der Waals surface area (Å²) < 4.78 is 5.64. The molecular weight excluding hydrogens is 222 g/mol. The van der Waals surface area contributed by atoms with Crippen molar-refractivity contribution in [1.29, 1.82) is 0 Å². The molecule has 1 aromatic heterocycles. The molecule has 2 fully saturated rings. The summed E-state index contributed by atoms with van der Waals surface area (Å²) in [7, 11) is 0. The number of carbonyl (C=O) groups is 1. The van der Waals surface area contributed by atoms with E-state index in [2.05, 4.69) is 20.7 Å². The third-order valence-corrected chi connectivity index (χ3v) is 3.62. The summed E-state index contributed by atoms with van der Waals surface area (Å²) in [5.74, 6) is 0.123. The first-order valence-corrected chi connectivity index (χ1v) is 5.81. The molecule has 0 spiro atoms. The van der Waals surface area contributed by atoms with Gasteiger partial charge in [0.2, 0.25) is 0 Å². The number of aromatic nitrogens is 3. The number of aromatic amines is 1. The van der Waals surface area contributed by atoms with Crippen LogP contribution in [0.3, 0.4) is 0 Å². The molecule has 3 rings (SSSR count). The van der Waals surface area contributed by atoms with Gasteiger partial charge < -0.3 is 15.8 Å². The lowest BCUT2D eigenvalue weighted by Crippen LogP contribution is -2.72. The van der Waals surface area contributed by atoms with E-state index in [0.717, 1.165) is 19.4 Å². The van der Waals surface area contributed by atoms with Crippen molar-refractivity contribution in [1.82, 2.24) is 20.7 Å².